The number of hydrogen-bond acceptors (Lipinski definition) is 3. The van der Waals surface area contributed by atoms with Crippen molar-refractivity contribution in [2.45, 2.75) is 46.3 Å². The van der Waals surface area contributed by atoms with Crippen molar-refractivity contribution < 1.29 is 9.90 Å². The van der Waals surface area contributed by atoms with E-state index < -0.39 is 5.60 Å². The van der Waals surface area contributed by atoms with E-state index in [0.29, 0.717) is 13.1 Å². The molecule has 0 aromatic carbocycles. The van der Waals surface area contributed by atoms with Gasteiger partial charge < -0.3 is 15.3 Å². The second-order valence-electron chi connectivity index (χ2n) is 5.90. The molecule has 1 heterocycles. The van der Waals surface area contributed by atoms with Gasteiger partial charge in [-0.25, -0.2) is 4.79 Å². The average molecular weight is 282 g/mol. The summed E-state index contributed by atoms with van der Waals surface area (Å²) in [6.45, 7) is 9.03. The van der Waals surface area contributed by atoms with Gasteiger partial charge in [0.05, 0.1) is 17.8 Å². The van der Waals surface area contributed by atoms with Crippen molar-refractivity contribution in [1.29, 1.82) is 0 Å². The van der Waals surface area contributed by atoms with Crippen LogP contribution in [0.4, 0.5) is 4.79 Å². The van der Waals surface area contributed by atoms with E-state index >= 15 is 0 Å². The number of carbonyl (C=O) groups is 1. The van der Waals surface area contributed by atoms with Crippen molar-refractivity contribution in [3.63, 3.8) is 0 Å². The lowest BCUT2D eigenvalue weighted by Crippen LogP contribution is -2.44. The molecule has 20 heavy (non-hydrogen) atoms. The van der Waals surface area contributed by atoms with Crippen LogP contribution in [-0.4, -0.2) is 51.6 Å². The second-order valence-corrected chi connectivity index (χ2v) is 5.90. The van der Waals surface area contributed by atoms with Gasteiger partial charge in [-0.05, 0) is 40.2 Å². The molecule has 0 aliphatic carbocycles. The Kier molecular flexibility index (Phi) is 5.56. The molecule has 0 atom stereocenters. The van der Waals surface area contributed by atoms with Crippen molar-refractivity contribution in [3.05, 3.63) is 17.5 Å². The molecule has 0 aliphatic rings. The molecule has 0 saturated heterocycles. The zero-order valence-electron chi connectivity index (χ0n) is 13.1. The van der Waals surface area contributed by atoms with E-state index in [1.54, 1.807) is 20.9 Å². The lowest BCUT2D eigenvalue weighted by Gasteiger charge is -2.25. The van der Waals surface area contributed by atoms with Crippen LogP contribution in [0.2, 0.25) is 0 Å². The fourth-order valence-corrected chi connectivity index (χ4v) is 2.11. The molecule has 0 radical (unpaired) electrons. The minimum Gasteiger partial charge on any atom is -0.389 e. The Morgan fingerprint density at radius 3 is 2.65 bits per heavy atom. The van der Waals surface area contributed by atoms with Crippen molar-refractivity contribution in [3.8, 4) is 0 Å². The Labute approximate surface area is 120 Å². The summed E-state index contributed by atoms with van der Waals surface area (Å²) >= 11 is 0. The van der Waals surface area contributed by atoms with Crippen LogP contribution >= 0.6 is 0 Å². The molecule has 114 valence electrons. The van der Waals surface area contributed by atoms with Crippen LogP contribution in [0, 0.1) is 13.8 Å². The molecular formula is C14H26N4O2. The highest BCUT2D eigenvalue weighted by molar-refractivity contribution is 5.73. The summed E-state index contributed by atoms with van der Waals surface area (Å²) in [7, 11) is 1.67. The first-order chi connectivity index (χ1) is 9.19. The van der Waals surface area contributed by atoms with Crippen LogP contribution in [0.3, 0.4) is 0 Å². The van der Waals surface area contributed by atoms with Crippen LogP contribution in [0.15, 0.2) is 6.07 Å². The van der Waals surface area contributed by atoms with Gasteiger partial charge in [0.2, 0.25) is 0 Å². The average Bonchev–Trinajstić information content (AvgIpc) is 2.60. The highest BCUT2D eigenvalue weighted by Crippen LogP contribution is 2.04. The number of amides is 2. The third-order valence-electron chi connectivity index (χ3n) is 2.90. The van der Waals surface area contributed by atoms with Crippen molar-refractivity contribution >= 4 is 6.03 Å². The lowest BCUT2D eigenvalue weighted by molar-refractivity contribution is 0.0532. The zero-order chi connectivity index (χ0) is 15.3. The summed E-state index contributed by atoms with van der Waals surface area (Å²) in [5.74, 6) is 0. The summed E-state index contributed by atoms with van der Waals surface area (Å²) in [5.41, 5.74) is 1.26. The predicted molar refractivity (Wildman–Crippen MR) is 78.6 cm³/mol. The van der Waals surface area contributed by atoms with Gasteiger partial charge in [-0.2, -0.15) is 5.10 Å². The van der Waals surface area contributed by atoms with Crippen LogP contribution in [0.25, 0.3) is 0 Å². The van der Waals surface area contributed by atoms with E-state index in [9.17, 15) is 9.90 Å². The maximum Gasteiger partial charge on any atom is 0.317 e. The van der Waals surface area contributed by atoms with E-state index in [4.69, 9.17) is 0 Å². The maximum atomic E-state index is 11.8. The quantitative estimate of drug-likeness (QED) is 0.773. The van der Waals surface area contributed by atoms with Crippen LogP contribution in [-0.2, 0) is 6.54 Å². The normalized spacial score (nSPS) is 11.5. The summed E-state index contributed by atoms with van der Waals surface area (Å²) in [4.78, 5) is 13.3. The number of aromatic nitrogens is 2. The monoisotopic (exact) mass is 282 g/mol. The van der Waals surface area contributed by atoms with Gasteiger partial charge in [0.1, 0.15) is 0 Å². The molecule has 1 rings (SSSR count). The molecule has 6 nitrogen and oxygen atoms in total. The first-order valence-corrected chi connectivity index (χ1v) is 6.91. The van der Waals surface area contributed by atoms with E-state index in [0.717, 1.165) is 24.4 Å². The Morgan fingerprint density at radius 2 is 2.15 bits per heavy atom. The minimum atomic E-state index is -0.879. The van der Waals surface area contributed by atoms with E-state index in [1.165, 1.54) is 4.90 Å². The molecule has 0 fully saturated rings. The van der Waals surface area contributed by atoms with Gasteiger partial charge in [0.25, 0.3) is 0 Å². The Bertz CT molecular complexity index is 449. The molecule has 1 aromatic rings. The van der Waals surface area contributed by atoms with Crippen LogP contribution in [0.5, 0.6) is 0 Å². The van der Waals surface area contributed by atoms with Crippen LogP contribution < -0.4 is 5.32 Å². The highest BCUT2D eigenvalue weighted by atomic mass is 16.3. The van der Waals surface area contributed by atoms with Crippen molar-refractivity contribution in [2.24, 2.45) is 0 Å². The molecule has 2 N–H and O–H groups in total. The standard InChI is InChI=1S/C14H26N4O2/c1-11-9-12(2)18(16-11)8-6-7-15-13(19)17(5)10-14(3,4)20/h9,20H,6-8,10H2,1-5H3,(H,15,19). The summed E-state index contributed by atoms with van der Waals surface area (Å²) in [6, 6.07) is 1.87. The van der Waals surface area contributed by atoms with Gasteiger partial charge in [0, 0.05) is 25.8 Å². The molecule has 2 amide bonds. The van der Waals surface area contributed by atoms with Gasteiger partial charge in [-0.1, -0.05) is 0 Å². The number of aliphatic hydroxyl groups is 1. The fourth-order valence-electron chi connectivity index (χ4n) is 2.11. The number of carbonyl (C=O) groups excluding carboxylic acids is 1. The smallest absolute Gasteiger partial charge is 0.317 e. The number of rotatable bonds is 6. The van der Waals surface area contributed by atoms with Crippen molar-refractivity contribution in [2.75, 3.05) is 20.1 Å². The third kappa shape index (κ3) is 5.61. The summed E-state index contributed by atoms with van der Waals surface area (Å²) < 4.78 is 1.95. The van der Waals surface area contributed by atoms with Gasteiger partial charge in [-0.15, -0.1) is 0 Å². The first-order valence-electron chi connectivity index (χ1n) is 6.91. The number of nitrogens with zero attached hydrogens (tertiary/aromatic N) is 3. The molecule has 0 aliphatic heterocycles. The lowest BCUT2D eigenvalue weighted by atomic mass is 10.1. The largest absolute Gasteiger partial charge is 0.389 e. The third-order valence-corrected chi connectivity index (χ3v) is 2.90. The summed E-state index contributed by atoms with van der Waals surface area (Å²) in [5, 5.41) is 16.9. The predicted octanol–water partition coefficient (Wildman–Crippen LogP) is 1.30. The Morgan fingerprint density at radius 1 is 1.50 bits per heavy atom. The van der Waals surface area contributed by atoms with E-state index in [-0.39, 0.29) is 6.03 Å². The molecular weight excluding hydrogens is 256 g/mol. The maximum absolute atomic E-state index is 11.8. The second kappa shape index (κ2) is 6.74. The van der Waals surface area contributed by atoms with Gasteiger partial charge >= 0.3 is 6.03 Å². The SMILES string of the molecule is Cc1cc(C)n(CCCNC(=O)N(C)CC(C)(C)O)n1. The molecule has 6 heteroatoms. The first kappa shape index (κ1) is 16.5. The fraction of sp³-hybridized carbons (Fsp3) is 0.714. The molecule has 0 spiro atoms. The molecule has 0 saturated carbocycles. The number of aryl methyl sites for hydroxylation is 3. The number of urea groups is 1. The van der Waals surface area contributed by atoms with E-state index in [2.05, 4.69) is 10.4 Å². The topological polar surface area (TPSA) is 70.4 Å². The number of likely N-dealkylation sites (N-methyl/N-ethyl adjacent to an activating group) is 1. The molecule has 0 bridgehead atoms. The van der Waals surface area contributed by atoms with Gasteiger partial charge in [-0.3, -0.25) is 4.68 Å². The van der Waals surface area contributed by atoms with E-state index in [1.807, 2.05) is 24.6 Å². The number of nitrogens with one attached hydrogen (secondary N) is 1. The Balaban J connectivity index is 2.27. The number of hydrogen-bond donors (Lipinski definition) is 2. The van der Waals surface area contributed by atoms with Crippen LogP contribution in [0.1, 0.15) is 31.7 Å². The Hall–Kier alpha value is -1.56. The van der Waals surface area contributed by atoms with Crippen molar-refractivity contribution in [1.82, 2.24) is 20.0 Å². The molecule has 0 unspecified atom stereocenters. The van der Waals surface area contributed by atoms with Gasteiger partial charge in [0.15, 0.2) is 0 Å². The minimum absolute atomic E-state index is 0.166. The highest BCUT2D eigenvalue weighted by Gasteiger charge is 2.18. The molecule has 1 aromatic heterocycles. The zero-order valence-corrected chi connectivity index (χ0v) is 13.1. The summed E-state index contributed by atoms with van der Waals surface area (Å²) in [6.07, 6.45) is 0.823.